The van der Waals surface area contributed by atoms with E-state index < -0.39 is 0 Å². The molecular weight excluding hydrogens is 310 g/mol. The molecule has 2 aromatic carbocycles. The van der Waals surface area contributed by atoms with Crippen LogP contribution in [0.25, 0.3) is 22.1 Å². The van der Waals surface area contributed by atoms with Crippen LogP contribution in [0, 0.1) is 0 Å². The molecule has 0 aliphatic rings. The van der Waals surface area contributed by atoms with Gasteiger partial charge in [0.1, 0.15) is 0 Å². The number of fused-ring (bicyclic) bond motifs is 2. The molecular formula is C17H18ClN5. The zero-order chi connectivity index (χ0) is 16.1. The second-order valence-corrected chi connectivity index (χ2v) is 5.43. The molecule has 0 atom stereocenters. The van der Waals surface area contributed by atoms with Gasteiger partial charge in [-0.2, -0.15) is 0 Å². The quantitative estimate of drug-likeness (QED) is 0.515. The van der Waals surface area contributed by atoms with Crippen LogP contribution in [-0.4, -0.2) is 26.5 Å². The highest BCUT2D eigenvalue weighted by Crippen LogP contribution is 2.13. The van der Waals surface area contributed by atoms with Gasteiger partial charge in [-0.15, -0.1) is 0 Å². The van der Waals surface area contributed by atoms with E-state index in [4.69, 9.17) is 11.6 Å². The van der Waals surface area contributed by atoms with Gasteiger partial charge in [0, 0.05) is 6.54 Å². The maximum atomic E-state index is 5.62. The predicted octanol–water partition coefficient (Wildman–Crippen LogP) is 4.60. The molecule has 0 saturated heterocycles. The summed E-state index contributed by atoms with van der Waals surface area (Å²) in [6, 6.07) is 15.8. The zero-order valence-corrected chi connectivity index (χ0v) is 13.6. The second-order valence-electron chi connectivity index (χ2n) is 5.07. The molecule has 0 spiro atoms. The number of rotatable bonds is 3. The van der Waals surface area contributed by atoms with Crippen LogP contribution in [-0.2, 0) is 0 Å². The topological polar surface area (TPSA) is 69.4 Å². The Morgan fingerprint density at radius 3 is 2.13 bits per heavy atom. The van der Waals surface area contributed by atoms with Crippen molar-refractivity contribution in [1.29, 1.82) is 0 Å². The van der Waals surface area contributed by atoms with Gasteiger partial charge < -0.3 is 15.3 Å². The monoisotopic (exact) mass is 327 g/mol. The number of nitrogens with zero attached hydrogens (tertiary/aromatic N) is 2. The molecule has 0 aliphatic carbocycles. The van der Waals surface area contributed by atoms with E-state index in [1.807, 2.05) is 48.5 Å². The maximum Gasteiger partial charge on any atom is 0.201 e. The van der Waals surface area contributed by atoms with Crippen LogP contribution in [0.2, 0.25) is 5.28 Å². The first kappa shape index (κ1) is 15.4. The molecule has 2 heterocycles. The largest absolute Gasteiger partial charge is 0.356 e. The normalized spacial score (nSPS) is 10.5. The minimum absolute atomic E-state index is 0.446. The molecule has 23 heavy (non-hydrogen) atoms. The summed E-state index contributed by atoms with van der Waals surface area (Å²) in [6.07, 6.45) is 1.11. The van der Waals surface area contributed by atoms with Crippen LogP contribution in [0.15, 0.2) is 48.5 Å². The minimum Gasteiger partial charge on any atom is -0.356 e. The lowest BCUT2D eigenvalue weighted by Crippen LogP contribution is -2.00. The van der Waals surface area contributed by atoms with E-state index in [1.54, 1.807) is 0 Å². The molecule has 4 aromatic rings. The summed E-state index contributed by atoms with van der Waals surface area (Å²) >= 11 is 5.62. The van der Waals surface area contributed by atoms with Crippen LogP contribution < -0.4 is 5.32 Å². The van der Waals surface area contributed by atoms with Crippen molar-refractivity contribution in [1.82, 2.24) is 19.9 Å². The van der Waals surface area contributed by atoms with E-state index in [9.17, 15) is 0 Å². The van der Waals surface area contributed by atoms with E-state index in [0.29, 0.717) is 5.28 Å². The van der Waals surface area contributed by atoms with Crippen LogP contribution in [0.5, 0.6) is 0 Å². The van der Waals surface area contributed by atoms with E-state index in [2.05, 4.69) is 32.2 Å². The molecule has 118 valence electrons. The third-order valence-corrected chi connectivity index (χ3v) is 3.47. The number of H-pyrrole nitrogens is 2. The van der Waals surface area contributed by atoms with Crippen molar-refractivity contribution < 1.29 is 0 Å². The summed E-state index contributed by atoms with van der Waals surface area (Å²) < 4.78 is 0. The predicted molar refractivity (Wildman–Crippen MR) is 96.0 cm³/mol. The summed E-state index contributed by atoms with van der Waals surface area (Å²) in [6.45, 7) is 3.09. The third-order valence-electron chi connectivity index (χ3n) is 3.29. The molecule has 0 aliphatic heterocycles. The van der Waals surface area contributed by atoms with Gasteiger partial charge in [-0.1, -0.05) is 31.2 Å². The molecule has 0 fully saturated rings. The highest BCUT2D eigenvalue weighted by Gasteiger charge is 1.99. The lowest BCUT2D eigenvalue weighted by molar-refractivity contribution is 0.964. The van der Waals surface area contributed by atoms with Crippen molar-refractivity contribution in [2.45, 2.75) is 13.3 Å². The van der Waals surface area contributed by atoms with Gasteiger partial charge >= 0.3 is 0 Å². The number of aromatic amines is 2. The van der Waals surface area contributed by atoms with Crippen molar-refractivity contribution >= 4 is 39.6 Å². The number of benzene rings is 2. The van der Waals surface area contributed by atoms with Crippen molar-refractivity contribution in [2.24, 2.45) is 0 Å². The highest BCUT2D eigenvalue weighted by molar-refractivity contribution is 6.29. The van der Waals surface area contributed by atoms with E-state index in [-0.39, 0.29) is 0 Å². The fraction of sp³-hybridized carbons (Fsp3) is 0.176. The SMILES string of the molecule is CCCNc1nc2ccccc2[nH]1.Clc1nc2ccccc2[nH]1. The van der Waals surface area contributed by atoms with Gasteiger partial charge in [-0.25, -0.2) is 9.97 Å². The summed E-state index contributed by atoms with van der Waals surface area (Å²) in [4.78, 5) is 14.5. The van der Waals surface area contributed by atoms with E-state index >= 15 is 0 Å². The van der Waals surface area contributed by atoms with Gasteiger partial charge in [0.15, 0.2) is 0 Å². The van der Waals surface area contributed by atoms with Gasteiger partial charge in [0.05, 0.1) is 22.1 Å². The Labute approximate surface area is 139 Å². The van der Waals surface area contributed by atoms with Gasteiger partial charge in [-0.05, 0) is 42.3 Å². The smallest absolute Gasteiger partial charge is 0.201 e. The Morgan fingerprint density at radius 2 is 1.52 bits per heavy atom. The molecule has 4 rings (SSSR count). The average Bonchev–Trinajstić information content (AvgIpc) is 3.14. The first-order chi connectivity index (χ1) is 11.3. The van der Waals surface area contributed by atoms with Gasteiger partial charge in [-0.3, -0.25) is 0 Å². The molecule has 6 heteroatoms. The first-order valence-corrected chi connectivity index (χ1v) is 7.93. The average molecular weight is 328 g/mol. The van der Waals surface area contributed by atoms with Crippen LogP contribution >= 0.6 is 11.6 Å². The fourth-order valence-corrected chi connectivity index (χ4v) is 2.39. The summed E-state index contributed by atoms with van der Waals surface area (Å²) in [5.74, 6) is 0.864. The summed E-state index contributed by atoms with van der Waals surface area (Å²) in [5, 5.41) is 3.66. The van der Waals surface area contributed by atoms with Crippen molar-refractivity contribution in [3.63, 3.8) is 0 Å². The standard InChI is InChI=1S/C10H13N3.C7H5ClN2/c1-2-7-11-10-12-8-5-3-4-6-9(8)13-10;8-7-9-5-3-1-2-4-6(5)10-7/h3-6H,2,7H2,1H3,(H2,11,12,13);1-4H,(H,9,10). The van der Waals surface area contributed by atoms with Crippen molar-refractivity contribution in [3.05, 3.63) is 53.8 Å². The first-order valence-electron chi connectivity index (χ1n) is 7.55. The number of anilines is 1. The molecule has 0 saturated carbocycles. The highest BCUT2D eigenvalue weighted by atomic mass is 35.5. The fourth-order valence-electron chi connectivity index (χ4n) is 2.20. The van der Waals surface area contributed by atoms with Crippen molar-refractivity contribution in [3.8, 4) is 0 Å². The molecule has 0 bridgehead atoms. The van der Waals surface area contributed by atoms with Gasteiger partial charge in [0.25, 0.3) is 0 Å². The number of hydrogen-bond donors (Lipinski definition) is 3. The summed E-state index contributed by atoms with van der Waals surface area (Å²) in [5.41, 5.74) is 3.99. The molecule has 3 N–H and O–H groups in total. The Hall–Kier alpha value is -2.53. The van der Waals surface area contributed by atoms with Crippen molar-refractivity contribution in [2.75, 3.05) is 11.9 Å². The van der Waals surface area contributed by atoms with Crippen LogP contribution in [0.3, 0.4) is 0 Å². The van der Waals surface area contributed by atoms with E-state index in [0.717, 1.165) is 41.0 Å². The number of nitrogens with one attached hydrogen (secondary N) is 3. The Bertz CT molecular complexity index is 830. The third kappa shape index (κ3) is 3.81. The number of aromatic nitrogens is 4. The summed E-state index contributed by atoms with van der Waals surface area (Å²) in [7, 11) is 0. The number of imidazole rings is 2. The second kappa shape index (κ2) is 7.15. The molecule has 0 unspecified atom stereocenters. The Morgan fingerprint density at radius 1 is 0.913 bits per heavy atom. The molecule has 0 radical (unpaired) electrons. The zero-order valence-electron chi connectivity index (χ0n) is 12.8. The molecule has 2 aromatic heterocycles. The molecule has 0 amide bonds. The van der Waals surface area contributed by atoms with Crippen LogP contribution in [0.4, 0.5) is 5.95 Å². The Balaban J connectivity index is 0.000000140. The van der Waals surface area contributed by atoms with Crippen LogP contribution in [0.1, 0.15) is 13.3 Å². The maximum absolute atomic E-state index is 5.62. The lowest BCUT2D eigenvalue weighted by Gasteiger charge is -1.96. The minimum atomic E-state index is 0.446. The number of hydrogen-bond acceptors (Lipinski definition) is 3. The Kier molecular flexibility index (Phi) is 4.78. The lowest BCUT2D eigenvalue weighted by atomic mass is 10.3. The van der Waals surface area contributed by atoms with Gasteiger partial charge in [0.2, 0.25) is 11.2 Å². The molecule has 5 nitrogen and oxygen atoms in total. The number of para-hydroxylation sites is 4. The number of halogens is 1. The van der Waals surface area contributed by atoms with E-state index in [1.165, 1.54) is 0 Å².